The molecule has 0 spiro atoms. The molecule has 2 fully saturated rings. The molecule has 8 nitrogen and oxygen atoms in total. The Hall–Kier alpha value is -2.26. The fourth-order valence-corrected chi connectivity index (χ4v) is 3.89. The second-order valence-corrected chi connectivity index (χ2v) is 7.87. The van der Waals surface area contributed by atoms with Crippen molar-refractivity contribution >= 4 is 33.4 Å². The van der Waals surface area contributed by atoms with Crippen LogP contribution in [0.4, 0.5) is 5.69 Å². The summed E-state index contributed by atoms with van der Waals surface area (Å²) < 4.78 is 27.0. The van der Waals surface area contributed by atoms with Gasteiger partial charge in [0, 0.05) is 37.5 Å². The van der Waals surface area contributed by atoms with E-state index in [1.165, 1.54) is 12.1 Å². The van der Waals surface area contributed by atoms with Gasteiger partial charge < -0.3 is 5.32 Å². The highest BCUT2D eigenvalue weighted by Gasteiger charge is 2.29. The van der Waals surface area contributed by atoms with Gasteiger partial charge in [-0.05, 0) is 31.0 Å². The SMILES string of the molecule is O=C(CCN1C(=O)CCC1=O)Nc1cccc(S(=O)(=O)NC2CC2)c1. The number of hydrogen-bond acceptors (Lipinski definition) is 5. The Balaban J connectivity index is 1.59. The first-order valence-electron chi connectivity index (χ1n) is 8.10. The molecule has 0 radical (unpaired) electrons. The number of carbonyl (C=O) groups is 3. The Morgan fingerprint density at radius 2 is 1.84 bits per heavy atom. The fraction of sp³-hybridized carbons (Fsp3) is 0.438. The molecule has 3 rings (SSSR count). The van der Waals surface area contributed by atoms with Gasteiger partial charge in [0.15, 0.2) is 0 Å². The Kier molecular flexibility index (Phi) is 4.87. The molecule has 0 aromatic heterocycles. The van der Waals surface area contributed by atoms with Crippen LogP contribution in [0.5, 0.6) is 0 Å². The number of imide groups is 1. The first-order valence-corrected chi connectivity index (χ1v) is 9.59. The van der Waals surface area contributed by atoms with E-state index in [9.17, 15) is 22.8 Å². The van der Waals surface area contributed by atoms with E-state index in [1.807, 2.05) is 0 Å². The van der Waals surface area contributed by atoms with Crippen molar-refractivity contribution in [3.63, 3.8) is 0 Å². The maximum atomic E-state index is 12.2. The van der Waals surface area contributed by atoms with E-state index in [2.05, 4.69) is 10.0 Å². The first kappa shape index (κ1) is 17.6. The van der Waals surface area contributed by atoms with Gasteiger partial charge in [0.2, 0.25) is 27.7 Å². The van der Waals surface area contributed by atoms with Crippen molar-refractivity contribution in [1.82, 2.24) is 9.62 Å². The molecule has 1 saturated heterocycles. The van der Waals surface area contributed by atoms with E-state index in [-0.39, 0.29) is 48.6 Å². The largest absolute Gasteiger partial charge is 0.326 e. The minimum Gasteiger partial charge on any atom is -0.326 e. The lowest BCUT2D eigenvalue weighted by Gasteiger charge is -2.13. The lowest BCUT2D eigenvalue weighted by molar-refractivity contribution is -0.138. The van der Waals surface area contributed by atoms with Gasteiger partial charge in [-0.25, -0.2) is 13.1 Å². The molecular formula is C16H19N3O5S. The molecule has 134 valence electrons. The molecule has 1 aliphatic heterocycles. The van der Waals surface area contributed by atoms with Crippen LogP contribution in [0.2, 0.25) is 0 Å². The third-order valence-corrected chi connectivity index (χ3v) is 5.56. The summed E-state index contributed by atoms with van der Waals surface area (Å²) >= 11 is 0. The summed E-state index contributed by atoms with van der Waals surface area (Å²) in [5.74, 6) is -0.925. The van der Waals surface area contributed by atoms with Crippen LogP contribution in [0.1, 0.15) is 32.1 Å². The number of nitrogens with one attached hydrogen (secondary N) is 2. The summed E-state index contributed by atoms with van der Waals surface area (Å²) in [4.78, 5) is 36.2. The third-order valence-electron chi connectivity index (χ3n) is 4.04. The topological polar surface area (TPSA) is 113 Å². The molecule has 0 atom stereocenters. The van der Waals surface area contributed by atoms with Crippen LogP contribution in [0.25, 0.3) is 0 Å². The minimum atomic E-state index is -3.59. The van der Waals surface area contributed by atoms with E-state index in [0.717, 1.165) is 17.7 Å². The number of nitrogens with zero attached hydrogens (tertiary/aromatic N) is 1. The van der Waals surface area contributed by atoms with Crippen molar-refractivity contribution in [1.29, 1.82) is 0 Å². The summed E-state index contributed by atoms with van der Waals surface area (Å²) in [6.07, 6.45) is 2.02. The monoisotopic (exact) mass is 365 g/mol. The van der Waals surface area contributed by atoms with Crippen LogP contribution in [0.3, 0.4) is 0 Å². The zero-order valence-corrected chi connectivity index (χ0v) is 14.3. The van der Waals surface area contributed by atoms with Gasteiger partial charge in [0.25, 0.3) is 0 Å². The van der Waals surface area contributed by atoms with Crippen LogP contribution in [0, 0.1) is 0 Å². The van der Waals surface area contributed by atoms with Crippen molar-refractivity contribution in [3.05, 3.63) is 24.3 Å². The molecule has 3 amide bonds. The molecule has 1 aliphatic carbocycles. The van der Waals surface area contributed by atoms with Crippen molar-refractivity contribution < 1.29 is 22.8 Å². The van der Waals surface area contributed by atoms with E-state index in [0.29, 0.717) is 5.69 Å². The maximum Gasteiger partial charge on any atom is 0.240 e. The number of amides is 3. The number of rotatable bonds is 7. The smallest absolute Gasteiger partial charge is 0.240 e. The maximum absolute atomic E-state index is 12.2. The van der Waals surface area contributed by atoms with E-state index < -0.39 is 15.9 Å². The predicted octanol–water partition coefficient (Wildman–Crippen LogP) is 0.605. The molecule has 25 heavy (non-hydrogen) atoms. The van der Waals surface area contributed by atoms with E-state index in [4.69, 9.17) is 0 Å². The zero-order valence-electron chi connectivity index (χ0n) is 13.5. The molecule has 1 aromatic rings. The van der Waals surface area contributed by atoms with E-state index in [1.54, 1.807) is 12.1 Å². The summed E-state index contributed by atoms with van der Waals surface area (Å²) in [6, 6.07) is 5.97. The van der Waals surface area contributed by atoms with Crippen molar-refractivity contribution in [2.75, 3.05) is 11.9 Å². The summed E-state index contributed by atoms with van der Waals surface area (Å²) in [5, 5.41) is 2.60. The van der Waals surface area contributed by atoms with Crippen molar-refractivity contribution in [2.45, 2.75) is 43.0 Å². The fourth-order valence-electron chi connectivity index (χ4n) is 2.54. The lowest BCUT2D eigenvalue weighted by Crippen LogP contribution is -2.32. The molecule has 0 unspecified atom stereocenters. The summed E-state index contributed by atoms with van der Waals surface area (Å²) in [5.41, 5.74) is 0.350. The number of benzene rings is 1. The average Bonchev–Trinajstić information content (AvgIpc) is 3.30. The van der Waals surface area contributed by atoms with Crippen LogP contribution < -0.4 is 10.0 Å². The Morgan fingerprint density at radius 3 is 2.48 bits per heavy atom. The van der Waals surface area contributed by atoms with Gasteiger partial charge in [0.1, 0.15) is 0 Å². The third kappa shape index (κ3) is 4.43. The number of likely N-dealkylation sites (tertiary alicyclic amines) is 1. The second kappa shape index (κ2) is 6.93. The zero-order chi connectivity index (χ0) is 18.0. The summed E-state index contributed by atoms with van der Waals surface area (Å²) in [6.45, 7) is 0.0325. The first-order chi connectivity index (χ1) is 11.8. The molecule has 1 aromatic carbocycles. The predicted molar refractivity (Wildman–Crippen MR) is 89.0 cm³/mol. The van der Waals surface area contributed by atoms with Crippen LogP contribution in [0.15, 0.2) is 29.2 Å². The Morgan fingerprint density at radius 1 is 1.16 bits per heavy atom. The number of hydrogen-bond donors (Lipinski definition) is 2. The van der Waals surface area contributed by atoms with Crippen LogP contribution >= 0.6 is 0 Å². The quantitative estimate of drug-likeness (QED) is 0.687. The highest BCUT2D eigenvalue weighted by molar-refractivity contribution is 7.89. The molecule has 9 heteroatoms. The number of carbonyl (C=O) groups excluding carboxylic acids is 3. The van der Waals surface area contributed by atoms with Gasteiger partial charge in [-0.3, -0.25) is 19.3 Å². The van der Waals surface area contributed by atoms with Gasteiger partial charge in [-0.1, -0.05) is 6.07 Å². The molecule has 2 aliphatic rings. The van der Waals surface area contributed by atoms with Crippen molar-refractivity contribution in [3.8, 4) is 0 Å². The minimum absolute atomic E-state index is 0.00113. The standard InChI is InChI=1S/C16H19N3O5S/c20-14(8-9-19-15(21)6-7-16(19)22)17-12-2-1-3-13(10-12)25(23,24)18-11-4-5-11/h1-3,10-11,18H,4-9H2,(H,17,20). The normalized spacial score (nSPS) is 17.8. The highest BCUT2D eigenvalue weighted by atomic mass is 32.2. The number of sulfonamides is 1. The summed E-state index contributed by atoms with van der Waals surface area (Å²) in [7, 11) is -3.59. The van der Waals surface area contributed by atoms with E-state index >= 15 is 0 Å². The number of anilines is 1. The van der Waals surface area contributed by atoms with Gasteiger partial charge >= 0.3 is 0 Å². The Labute approximate surface area is 145 Å². The van der Waals surface area contributed by atoms with Crippen LogP contribution in [-0.2, 0) is 24.4 Å². The van der Waals surface area contributed by atoms with Gasteiger partial charge in [-0.2, -0.15) is 0 Å². The van der Waals surface area contributed by atoms with Gasteiger partial charge in [0.05, 0.1) is 4.90 Å². The Bertz CT molecular complexity index is 801. The second-order valence-electron chi connectivity index (χ2n) is 6.16. The van der Waals surface area contributed by atoms with Gasteiger partial charge in [-0.15, -0.1) is 0 Å². The lowest BCUT2D eigenvalue weighted by atomic mass is 10.3. The van der Waals surface area contributed by atoms with Crippen molar-refractivity contribution in [2.24, 2.45) is 0 Å². The van der Waals surface area contributed by atoms with Crippen LogP contribution in [-0.4, -0.2) is 43.6 Å². The average molecular weight is 365 g/mol. The molecule has 1 heterocycles. The highest BCUT2D eigenvalue weighted by Crippen LogP contribution is 2.23. The molecule has 2 N–H and O–H groups in total. The molecule has 0 bridgehead atoms. The molecule has 1 saturated carbocycles. The molecular weight excluding hydrogens is 346 g/mol.